The lowest BCUT2D eigenvalue weighted by atomic mass is 10.0. The van der Waals surface area contributed by atoms with Crippen LogP contribution in [0.15, 0.2) is 18.2 Å². The quantitative estimate of drug-likeness (QED) is 0.922. The molecule has 0 bridgehead atoms. The third kappa shape index (κ3) is 3.22. The molecule has 1 aromatic heterocycles. The maximum Gasteiger partial charge on any atom is 0.124 e. The van der Waals surface area contributed by atoms with Crippen molar-refractivity contribution in [2.75, 3.05) is 7.11 Å². The highest BCUT2D eigenvalue weighted by Gasteiger charge is 2.20. The van der Waals surface area contributed by atoms with E-state index in [1.807, 2.05) is 39.1 Å². The lowest BCUT2D eigenvalue weighted by Gasteiger charge is -2.15. The average Bonchev–Trinajstić information content (AvgIpc) is 2.74. The number of hydrogen-bond acceptors (Lipinski definition) is 3. The molecule has 0 saturated heterocycles. The molecule has 1 N–H and O–H groups in total. The minimum atomic E-state index is -0.682. The van der Waals surface area contributed by atoms with E-state index in [9.17, 15) is 5.11 Å². The van der Waals surface area contributed by atoms with Crippen molar-refractivity contribution in [3.63, 3.8) is 0 Å². The van der Waals surface area contributed by atoms with Crippen molar-refractivity contribution in [2.24, 2.45) is 7.05 Å². The van der Waals surface area contributed by atoms with Gasteiger partial charge in [0.05, 0.1) is 29.6 Å². The first kappa shape index (κ1) is 15.9. The Morgan fingerprint density at radius 2 is 2.14 bits per heavy atom. The van der Waals surface area contributed by atoms with Crippen LogP contribution in [0.25, 0.3) is 0 Å². The maximum atomic E-state index is 10.5. The number of aliphatic hydroxyl groups excluding tert-OH is 1. The van der Waals surface area contributed by atoms with Gasteiger partial charge >= 0.3 is 0 Å². The number of methoxy groups -OCH3 is 1. The number of aliphatic hydroxyl groups is 1. The zero-order valence-electron chi connectivity index (χ0n) is 12.9. The molecule has 0 amide bonds. The molecule has 21 heavy (non-hydrogen) atoms. The maximum absolute atomic E-state index is 10.5. The van der Waals surface area contributed by atoms with E-state index < -0.39 is 6.10 Å². The Bertz CT molecular complexity index is 637. The van der Waals surface area contributed by atoms with Gasteiger partial charge in [0.1, 0.15) is 5.75 Å². The molecule has 0 aliphatic rings. The van der Waals surface area contributed by atoms with Gasteiger partial charge in [0.2, 0.25) is 0 Å². The van der Waals surface area contributed by atoms with Gasteiger partial charge in [0, 0.05) is 19.0 Å². The van der Waals surface area contributed by atoms with Crippen LogP contribution >= 0.6 is 11.6 Å². The molecule has 5 heteroatoms. The smallest absolute Gasteiger partial charge is 0.124 e. The van der Waals surface area contributed by atoms with Crippen molar-refractivity contribution >= 4 is 11.6 Å². The van der Waals surface area contributed by atoms with Crippen molar-refractivity contribution in [1.82, 2.24) is 9.78 Å². The fourth-order valence-electron chi connectivity index (χ4n) is 2.43. The van der Waals surface area contributed by atoms with E-state index in [2.05, 4.69) is 5.10 Å². The minimum absolute atomic E-state index is 0.405. The summed E-state index contributed by atoms with van der Waals surface area (Å²) in [4.78, 5) is 0. The first-order chi connectivity index (χ1) is 9.97. The van der Waals surface area contributed by atoms with Crippen molar-refractivity contribution < 1.29 is 9.84 Å². The molecule has 0 aliphatic heterocycles. The lowest BCUT2D eigenvalue weighted by Crippen LogP contribution is -2.08. The third-order valence-electron chi connectivity index (χ3n) is 3.64. The predicted octanol–water partition coefficient (Wildman–Crippen LogP) is 3.23. The van der Waals surface area contributed by atoms with Gasteiger partial charge in [-0.2, -0.15) is 5.10 Å². The summed E-state index contributed by atoms with van der Waals surface area (Å²) in [7, 11) is 3.46. The molecule has 1 atom stereocenters. The number of aromatic nitrogens is 2. The van der Waals surface area contributed by atoms with Crippen LogP contribution in [0.3, 0.4) is 0 Å². The number of aryl methyl sites for hydroxylation is 3. The molecule has 0 fully saturated rings. The van der Waals surface area contributed by atoms with Gasteiger partial charge < -0.3 is 9.84 Å². The summed E-state index contributed by atoms with van der Waals surface area (Å²) in [5, 5.41) is 15.5. The lowest BCUT2D eigenvalue weighted by molar-refractivity contribution is 0.171. The number of rotatable bonds is 5. The van der Waals surface area contributed by atoms with Crippen molar-refractivity contribution in [3.05, 3.63) is 45.7 Å². The third-order valence-corrected chi connectivity index (χ3v) is 4.07. The molecule has 0 spiro atoms. The monoisotopic (exact) mass is 308 g/mol. The highest BCUT2D eigenvalue weighted by Crippen LogP contribution is 2.31. The topological polar surface area (TPSA) is 47.3 Å². The molecule has 0 saturated carbocycles. The van der Waals surface area contributed by atoms with Crippen LogP contribution in [0.4, 0.5) is 0 Å². The van der Waals surface area contributed by atoms with Gasteiger partial charge in [-0.25, -0.2) is 0 Å². The highest BCUT2D eigenvalue weighted by atomic mass is 35.5. The molecule has 0 aliphatic carbocycles. The molecule has 1 unspecified atom stereocenters. The molecular weight excluding hydrogens is 288 g/mol. The van der Waals surface area contributed by atoms with E-state index in [1.54, 1.807) is 11.8 Å². The van der Waals surface area contributed by atoms with E-state index in [0.717, 1.165) is 28.9 Å². The van der Waals surface area contributed by atoms with Gasteiger partial charge in [-0.05, 0) is 25.0 Å². The Morgan fingerprint density at radius 3 is 2.71 bits per heavy atom. The van der Waals surface area contributed by atoms with E-state index in [4.69, 9.17) is 16.3 Å². The Balaban J connectivity index is 2.30. The first-order valence-electron chi connectivity index (χ1n) is 7.00. The van der Waals surface area contributed by atoms with Crippen LogP contribution in [0.1, 0.15) is 35.5 Å². The number of halogens is 1. The number of ether oxygens (including phenoxy) is 1. The van der Waals surface area contributed by atoms with Crippen LogP contribution in [-0.2, 0) is 19.9 Å². The zero-order chi connectivity index (χ0) is 15.6. The fourth-order valence-corrected chi connectivity index (χ4v) is 2.80. The van der Waals surface area contributed by atoms with E-state index in [-0.39, 0.29) is 0 Å². The summed E-state index contributed by atoms with van der Waals surface area (Å²) >= 11 is 6.33. The molecule has 0 radical (unpaired) electrons. The van der Waals surface area contributed by atoms with Gasteiger partial charge in [-0.1, -0.05) is 30.7 Å². The fraction of sp³-hybridized carbons (Fsp3) is 0.438. The SMILES string of the molecule is CCc1nn(C)c(CC(O)c2ccc(C)cc2OC)c1Cl. The summed E-state index contributed by atoms with van der Waals surface area (Å²) in [5.74, 6) is 0.691. The molecule has 2 rings (SSSR count). The van der Waals surface area contributed by atoms with Crippen molar-refractivity contribution in [2.45, 2.75) is 32.8 Å². The van der Waals surface area contributed by atoms with E-state index >= 15 is 0 Å². The molecule has 2 aromatic rings. The summed E-state index contributed by atoms with van der Waals surface area (Å²) in [6, 6.07) is 5.77. The van der Waals surface area contributed by atoms with Gasteiger partial charge in [0.25, 0.3) is 0 Å². The van der Waals surface area contributed by atoms with Crippen LogP contribution < -0.4 is 4.74 Å². The average molecular weight is 309 g/mol. The number of benzene rings is 1. The molecule has 1 heterocycles. The van der Waals surface area contributed by atoms with E-state index in [1.165, 1.54) is 0 Å². The van der Waals surface area contributed by atoms with Crippen molar-refractivity contribution in [3.8, 4) is 5.75 Å². The summed E-state index contributed by atoms with van der Waals surface area (Å²) in [6.07, 6.45) is 0.497. The number of hydrogen-bond donors (Lipinski definition) is 1. The Labute approximate surface area is 130 Å². The van der Waals surface area contributed by atoms with E-state index in [0.29, 0.717) is 17.2 Å². The minimum Gasteiger partial charge on any atom is -0.496 e. The standard InChI is InChI=1S/C16H21ClN2O2/c1-5-12-16(17)13(19(3)18-12)9-14(20)11-7-6-10(2)8-15(11)21-4/h6-8,14,20H,5,9H2,1-4H3. The highest BCUT2D eigenvalue weighted by molar-refractivity contribution is 6.31. The Hall–Kier alpha value is -1.52. The van der Waals surface area contributed by atoms with Gasteiger partial charge in [-0.3, -0.25) is 4.68 Å². The summed E-state index contributed by atoms with van der Waals surface area (Å²) in [5.41, 5.74) is 3.55. The summed E-state index contributed by atoms with van der Waals surface area (Å²) in [6.45, 7) is 4.00. The second-order valence-corrected chi connectivity index (χ2v) is 5.53. The molecule has 1 aromatic carbocycles. The van der Waals surface area contributed by atoms with Crippen LogP contribution in [0.2, 0.25) is 5.02 Å². The molecule has 114 valence electrons. The number of nitrogens with zero attached hydrogens (tertiary/aromatic N) is 2. The van der Waals surface area contributed by atoms with Crippen LogP contribution in [0, 0.1) is 6.92 Å². The molecular formula is C16H21ClN2O2. The first-order valence-corrected chi connectivity index (χ1v) is 7.38. The second-order valence-electron chi connectivity index (χ2n) is 5.15. The zero-order valence-corrected chi connectivity index (χ0v) is 13.6. The van der Waals surface area contributed by atoms with Crippen LogP contribution in [0.5, 0.6) is 5.75 Å². The van der Waals surface area contributed by atoms with Gasteiger partial charge in [-0.15, -0.1) is 0 Å². The second kappa shape index (κ2) is 6.50. The predicted molar refractivity (Wildman–Crippen MR) is 84.0 cm³/mol. The largest absolute Gasteiger partial charge is 0.496 e. The normalized spacial score (nSPS) is 12.5. The Morgan fingerprint density at radius 1 is 1.43 bits per heavy atom. The van der Waals surface area contributed by atoms with Gasteiger partial charge in [0.15, 0.2) is 0 Å². The van der Waals surface area contributed by atoms with Crippen LogP contribution in [-0.4, -0.2) is 22.0 Å². The summed E-state index contributed by atoms with van der Waals surface area (Å²) < 4.78 is 7.10. The molecule has 4 nitrogen and oxygen atoms in total. The van der Waals surface area contributed by atoms with Crippen molar-refractivity contribution in [1.29, 1.82) is 0 Å². The Kier molecular flexibility index (Phi) is 4.91.